The second-order valence-corrected chi connectivity index (χ2v) is 10.3. The summed E-state index contributed by atoms with van der Waals surface area (Å²) in [6.45, 7) is 1.82. The van der Waals surface area contributed by atoms with Crippen LogP contribution in [0.15, 0.2) is 15.4 Å². The third kappa shape index (κ3) is 5.20. The van der Waals surface area contributed by atoms with Gasteiger partial charge in [0, 0.05) is 18.6 Å². The first-order chi connectivity index (χ1) is 13.8. The number of thiazole rings is 1. The first-order valence-electron chi connectivity index (χ1n) is 10.7. The van der Waals surface area contributed by atoms with Gasteiger partial charge in [0.1, 0.15) is 5.84 Å². The molecule has 0 atom stereocenters. The number of hydrogen-bond acceptors (Lipinski definition) is 6. The Kier molecular flexibility index (Phi) is 7.12. The van der Waals surface area contributed by atoms with Crippen LogP contribution in [0.25, 0.3) is 0 Å². The van der Waals surface area contributed by atoms with E-state index in [-0.39, 0.29) is 6.03 Å². The second kappa shape index (κ2) is 9.96. The fourth-order valence-electron chi connectivity index (χ4n) is 4.57. The molecule has 0 radical (unpaired) electrons. The van der Waals surface area contributed by atoms with Crippen LogP contribution in [-0.4, -0.2) is 52.7 Å². The molecule has 1 aliphatic heterocycles. The fraction of sp³-hybridized carbons (Fsp3) is 0.750. The van der Waals surface area contributed by atoms with E-state index in [1.807, 2.05) is 6.20 Å². The summed E-state index contributed by atoms with van der Waals surface area (Å²) in [5.41, 5.74) is 0. The molecule has 4 rings (SSSR count). The van der Waals surface area contributed by atoms with Gasteiger partial charge >= 0.3 is 6.03 Å². The van der Waals surface area contributed by atoms with Crippen LogP contribution in [0, 0.1) is 0 Å². The number of amides is 2. The van der Waals surface area contributed by atoms with Gasteiger partial charge in [0.05, 0.1) is 22.7 Å². The van der Waals surface area contributed by atoms with Crippen molar-refractivity contribution in [1.29, 1.82) is 0 Å². The highest BCUT2D eigenvalue weighted by atomic mass is 32.2. The van der Waals surface area contributed by atoms with Crippen molar-refractivity contribution in [2.75, 3.05) is 24.2 Å². The molecule has 0 unspecified atom stereocenters. The minimum absolute atomic E-state index is 0.0616. The third-order valence-corrected chi connectivity index (χ3v) is 8.08. The molecule has 2 saturated carbocycles. The van der Waals surface area contributed by atoms with Crippen LogP contribution >= 0.6 is 23.1 Å². The Hall–Kier alpha value is -1.28. The number of rotatable bonds is 6. The van der Waals surface area contributed by atoms with E-state index in [1.54, 1.807) is 23.1 Å². The van der Waals surface area contributed by atoms with E-state index in [2.05, 4.69) is 25.5 Å². The molecule has 3 aliphatic rings. The van der Waals surface area contributed by atoms with E-state index < -0.39 is 0 Å². The minimum atomic E-state index is 0.0616. The average Bonchev–Trinajstić information content (AvgIpc) is 3.40. The number of nitrogens with one attached hydrogen (secondary N) is 2. The van der Waals surface area contributed by atoms with Crippen molar-refractivity contribution in [3.8, 4) is 0 Å². The van der Waals surface area contributed by atoms with E-state index in [4.69, 9.17) is 0 Å². The molecule has 1 aromatic heterocycles. The summed E-state index contributed by atoms with van der Waals surface area (Å²) >= 11 is 3.29. The highest BCUT2D eigenvalue weighted by Crippen LogP contribution is 2.32. The van der Waals surface area contributed by atoms with Gasteiger partial charge in [-0.2, -0.15) is 0 Å². The SMILES string of the molecule is O=C(Nc1ncc(SCC2=NCCN2)s1)N(C1CCCCC1)C1CCCCC1. The molecular formula is C20H31N5OS2. The molecular weight excluding hydrogens is 390 g/mol. The smallest absolute Gasteiger partial charge is 0.324 e. The number of carbonyl (C=O) groups excluding carboxylic acids is 1. The van der Waals surface area contributed by atoms with Gasteiger partial charge in [-0.25, -0.2) is 9.78 Å². The Morgan fingerprint density at radius 1 is 1.14 bits per heavy atom. The number of anilines is 1. The van der Waals surface area contributed by atoms with E-state index >= 15 is 0 Å². The number of aromatic nitrogens is 1. The Labute approximate surface area is 176 Å². The van der Waals surface area contributed by atoms with Crippen LogP contribution in [0.2, 0.25) is 0 Å². The molecule has 154 valence electrons. The van der Waals surface area contributed by atoms with E-state index in [0.29, 0.717) is 17.2 Å². The molecule has 28 heavy (non-hydrogen) atoms. The van der Waals surface area contributed by atoms with Gasteiger partial charge in [0.25, 0.3) is 0 Å². The lowest BCUT2D eigenvalue weighted by molar-refractivity contribution is 0.114. The number of hydrogen-bond donors (Lipinski definition) is 2. The van der Waals surface area contributed by atoms with Gasteiger partial charge in [0.2, 0.25) is 0 Å². The van der Waals surface area contributed by atoms with Crippen LogP contribution in [0.5, 0.6) is 0 Å². The molecule has 6 nitrogen and oxygen atoms in total. The first-order valence-corrected chi connectivity index (χ1v) is 12.5. The van der Waals surface area contributed by atoms with Crippen molar-refractivity contribution in [3.63, 3.8) is 0 Å². The number of thioether (sulfide) groups is 1. The molecule has 0 saturated heterocycles. The third-order valence-electron chi connectivity index (χ3n) is 5.96. The van der Waals surface area contributed by atoms with Crippen molar-refractivity contribution >= 4 is 40.1 Å². The molecule has 8 heteroatoms. The number of aliphatic imine (C=N–C) groups is 1. The van der Waals surface area contributed by atoms with Crippen molar-refractivity contribution in [2.24, 2.45) is 4.99 Å². The van der Waals surface area contributed by atoms with E-state index in [9.17, 15) is 4.79 Å². The molecule has 2 N–H and O–H groups in total. The summed E-state index contributed by atoms with van der Waals surface area (Å²) in [5, 5.41) is 7.12. The van der Waals surface area contributed by atoms with Crippen LogP contribution in [0.1, 0.15) is 64.2 Å². The molecule has 0 spiro atoms. The highest BCUT2D eigenvalue weighted by Gasteiger charge is 2.32. The van der Waals surface area contributed by atoms with Gasteiger partial charge < -0.3 is 10.2 Å². The van der Waals surface area contributed by atoms with E-state index in [1.165, 1.54) is 38.5 Å². The van der Waals surface area contributed by atoms with Gasteiger partial charge in [0.15, 0.2) is 5.13 Å². The molecule has 2 heterocycles. The van der Waals surface area contributed by atoms with Crippen molar-refractivity contribution in [3.05, 3.63) is 6.20 Å². The van der Waals surface area contributed by atoms with Crippen LogP contribution in [-0.2, 0) is 0 Å². The average molecular weight is 422 g/mol. The second-order valence-electron chi connectivity index (χ2n) is 7.95. The molecule has 1 aromatic rings. The minimum Gasteiger partial charge on any atom is -0.371 e. The molecule has 2 fully saturated rings. The maximum Gasteiger partial charge on any atom is 0.324 e. The van der Waals surface area contributed by atoms with Gasteiger partial charge in [-0.15, -0.1) is 11.8 Å². The summed E-state index contributed by atoms with van der Waals surface area (Å²) in [5.74, 6) is 1.90. The first kappa shape index (κ1) is 20.0. The number of nitrogens with zero attached hydrogens (tertiary/aromatic N) is 3. The number of amidine groups is 1. The Morgan fingerprint density at radius 2 is 1.82 bits per heavy atom. The largest absolute Gasteiger partial charge is 0.371 e. The van der Waals surface area contributed by atoms with Gasteiger partial charge in [-0.05, 0) is 25.7 Å². The zero-order valence-electron chi connectivity index (χ0n) is 16.5. The van der Waals surface area contributed by atoms with Crippen molar-refractivity contribution in [2.45, 2.75) is 80.5 Å². The Balaban J connectivity index is 1.37. The molecule has 0 aromatic carbocycles. The van der Waals surface area contributed by atoms with Crippen molar-refractivity contribution in [1.82, 2.24) is 15.2 Å². The summed E-state index contributed by atoms with van der Waals surface area (Å²) in [6.07, 6.45) is 14.1. The van der Waals surface area contributed by atoms with Crippen molar-refractivity contribution < 1.29 is 4.79 Å². The molecule has 2 aliphatic carbocycles. The monoisotopic (exact) mass is 421 g/mol. The lowest BCUT2D eigenvalue weighted by Gasteiger charge is -2.41. The molecule has 2 amide bonds. The number of urea groups is 1. The van der Waals surface area contributed by atoms with Gasteiger partial charge in [-0.3, -0.25) is 10.3 Å². The Bertz CT molecular complexity index is 662. The molecule has 0 bridgehead atoms. The summed E-state index contributed by atoms with van der Waals surface area (Å²) in [7, 11) is 0. The van der Waals surface area contributed by atoms with Crippen LogP contribution < -0.4 is 10.6 Å². The predicted molar refractivity (Wildman–Crippen MR) is 118 cm³/mol. The highest BCUT2D eigenvalue weighted by molar-refractivity contribution is 8.01. The maximum atomic E-state index is 13.2. The Morgan fingerprint density at radius 3 is 2.43 bits per heavy atom. The van der Waals surface area contributed by atoms with E-state index in [0.717, 1.165) is 54.6 Å². The zero-order chi connectivity index (χ0) is 19.2. The predicted octanol–water partition coefficient (Wildman–Crippen LogP) is 4.74. The number of carbonyl (C=O) groups is 1. The standard InChI is InChI=1S/C20H31N5OS2/c26-20(24-19-23-13-18(28-19)27-14-17-21-11-12-22-17)25(15-7-3-1-4-8-15)16-9-5-2-6-10-16/h13,15-16H,1-12,14H2,(H,21,22)(H,23,24,26). The zero-order valence-corrected chi connectivity index (χ0v) is 18.1. The fourth-order valence-corrected chi connectivity index (χ4v) is 6.36. The topological polar surface area (TPSA) is 69.6 Å². The summed E-state index contributed by atoms with van der Waals surface area (Å²) < 4.78 is 1.12. The van der Waals surface area contributed by atoms with Crippen LogP contribution in [0.3, 0.4) is 0 Å². The van der Waals surface area contributed by atoms with Crippen LogP contribution in [0.4, 0.5) is 9.93 Å². The summed E-state index contributed by atoms with van der Waals surface area (Å²) in [4.78, 5) is 24.3. The lowest BCUT2D eigenvalue weighted by Crippen LogP contribution is -2.50. The maximum absolute atomic E-state index is 13.2. The lowest BCUT2D eigenvalue weighted by atomic mass is 9.89. The van der Waals surface area contributed by atoms with Gasteiger partial charge in [-0.1, -0.05) is 49.9 Å². The quantitative estimate of drug-likeness (QED) is 0.651. The normalized spacial score (nSPS) is 21.2. The summed E-state index contributed by atoms with van der Waals surface area (Å²) in [6, 6.07) is 0.862.